The third-order valence-electron chi connectivity index (χ3n) is 4.44. The van der Waals surface area contributed by atoms with Crippen LogP contribution in [0, 0.1) is 6.92 Å². The second-order valence-corrected chi connectivity index (χ2v) is 6.74. The van der Waals surface area contributed by atoms with Crippen molar-refractivity contribution in [2.45, 2.75) is 20.8 Å². The Morgan fingerprint density at radius 3 is 2.74 bits per heavy atom. The lowest BCUT2D eigenvalue weighted by molar-refractivity contribution is -0.898. The van der Waals surface area contributed by atoms with Crippen LogP contribution in [0.3, 0.4) is 0 Å². The number of quaternary nitrogens is 1. The Hall–Kier alpha value is -1.73. The van der Waals surface area contributed by atoms with Gasteiger partial charge in [0, 0.05) is 0 Å². The summed E-state index contributed by atoms with van der Waals surface area (Å²) in [5.41, 5.74) is 0.935. The van der Waals surface area contributed by atoms with Crippen LogP contribution < -0.4 is 9.80 Å². The van der Waals surface area contributed by atoms with Crippen LogP contribution in [0.4, 0.5) is 5.82 Å². The molecule has 124 valence electrons. The zero-order chi connectivity index (χ0) is 16.4. The van der Waals surface area contributed by atoms with Crippen LogP contribution in [0.5, 0.6) is 0 Å². The Kier molecular flexibility index (Phi) is 4.77. The normalized spacial score (nSPS) is 16.0. The van der Waals surface area contributed by atoms with Crippen LogP contribution in [0.15, 0.2) is 6.33 Å². The average Bonchev–Trinajstić information content (AvgIpc) is 2.92. The van der Waals surface area contributed by atoms with Crippen molar-refractivity contribution < 1.29 is 14.4 Å². The maximum atomic E-state index is 12.1. The first-order valence-electron chi connectivity index (χ1n) is 8.15. The van der Waals surface area contributed by atoms with Crippen LogP contribution in [-0.4, -0.2) is 55.3 Å². The molecular weight excluding hydrogens is 312 g/mol. The van der Waals surface area contributed by atoms with Crippen molar-refractivity contribution >= 4 is 33.3 Å². The lowest BCUT2D eigenvalue weighted by Gasteiger charge is -2.32. The Bertz CT molecular complexity index is 707. The van der Waals surface area contributed by atoms with Gasteiger partial charge in [0.2, 0.25) is 0 Å². The fourth-order valence-electron chi connectivity index (χ4n) is 3.07. The van der Waals surface area contributed by atoms with Crippen LogP contribution in [0.25, 0.3) is 10.2 Å². The summed E-state index contributed by atoms with van der Waals surface area (Å²) >= 11 is 1.40. The van der Waals surface area contributed by atoms with E-state index in [-0.39, 0.29) is 5.97 Å². The lowest BCUT2D eigenvalue weighted by atomic mass is 10.2. The molecule has 0 radical (unpaired) electrons. The van der Waals surface area contributed by atoms with Crippen LogP contribution in [-0.2, 0) is 4.74 Å². The van der Waals surface area contributed by atoms with Crippen LogP contribution in [0.1, 0.15) is 29.1 Å². The van der Waals surface area contributed by atoms with Gasteiger partial charge < -0.3 is 14.5 Å². The smallest absolute Gasteiger partial charge is 0.348 e. The highest BCUT2D eigenvalue weighted by molar-refractivity contribution is 7.20. The standard InChI is InChI=1S/C16H22N4O2S/c1-4-19-6-8-20(9-7-19)14-12-11(3)13(16(21)22-5-2)23-15(12)18-10-17-14/h10H,4-9H2,1-3H3/p+1. The molecule has 2 aromatic heterocycles. The number of esters is 1. The number of carbonyl (C=O) groups is 1. The molecule has 1 aliphatic rings. The molecule has 0 aliphatic carbocycles. The van der Waals surface area contributed by atoms with Crippen molar-refractivity contribution in [2.24, 2.45) is 0 Å². The fraction of sp³-hybridized carbons (Fsp3) is 0.562. The maximum Gasteiger partial charge on any atom is 0.348 e. The zero-order valence-corrected chi connectivity index (χ0v) is 14.7. The number of nitrogens with zero attached hydrogens (tertiary/aromatic N) is 3. The molecule has 0 amide bonds. The van der Waals surface area contributed by atoms with E-state index in [0.29, 0.717) is 11.5 Å². The number of likely N-dealkylation sites (N-methyl/N-ethyl adjacent to an activating group) is 1. The van der Waals surface area contributed by atoms with Gasteiger partial charge in [-0.05, 0) is 26.3 Å². The Morgan fingerprint density at radius 1 is 1.35 bits per heavy atom. The summed E-state index contributed by atoms with van der Waals surface area (Å²) in [6.07, 6.45) is 1.60. The van der Waals surface area contributed by atoms with Crippen molar-refractivity contribution in [3.05, 3.63) is 16.8 Å². The first-order chi connectivity index (χ1) is 11.2. The third kappa shape index (κ3) is 3.03. The predicted molar refractivity (Wildman–Crippen MR) is 91.6 cm³/mol. The van der Waals surface area contributed by atoms with E-state index in [4.69, 9.17) is 4.74 Å². The van der Waals surface area contributed by atoms with Gasteiger partial charge >= 0.3 is 5.97 Å². The van der Waals surface area contributed by atoms with Gasteiger partial charge in [-0.25, -0.2) is 14.8 Å². The molecule has 0 unspecified atom stereocenters. The summed E-state index contributed by atoms with van der Waals surface area (Å²) in [6.45, 7) is 11.8. The minimum absolute atomic E-state index is 0.265. The van der Waals surface area contributed by atoms with Crippen molar-refractivity contribution in [1.29, 1.82) is 0 Å². The molecule has 1 saturated heterocycles. The second-order valence-electron chi connectivity index (χ2n) is 5.74. The highest BCUT2D eigenvalue weighted by Crippen LogP contribution is 2.35. The van der Waals surface area contributed by atoms with E-state index in [1.165, 1.54) is 11.3 Å². The number of aryl methyl sites for hydroxylation is 1. The van der Waals surface area contributed by atoms with Gasteiger partial charge in [-0.1, -0.05) is 0 Å². The van der Waals surface area contributed by atoms with Gasteiger partial charge in [-0.3, -0.25) is 0 Å². The molecule has 1 N–H and O–H groups in total. The third-order valence-corrected chi connectivity index (χ3v) is 5.62. The number of carbonyl (C=O) groups excluding carboxylic acids is 1. The summed E-state index contributed by atoms with van der Waals surface area (Å²) in [4.78, 5) is 26.5. The summed E-state index contributed by atoms with van der Waals surface area (Å²) < 4.78 is 5.16. The minimum Gasteiger partial charge on any atom is -0.462 e. The topological polar surface area (TPSA) is 59.8 Å². The van der Waals surface area contributed by atoms with Crippen molar-refractivity contribution in [2.75, 3.05) is 44.2 Å². The molecule has 0 atom stereocenters. The molecule has 23 heavy (non-hydrogen) atoms. The molecule has 6 nitrogen and oxygen atoms in total. The minimum atomic E-state index is -0.265. The van der Waals surface area contributed by atoms with Gasteiger partial charge in [-0.2, -0.15) is 0 Å². The molecule has 1 fully saturated rings. The van der Waals surface area contributed by atoms with Gasteiger partial charge in [0.25, 0.3) is 0 Å². The molecular formula is C16H23N4O2S+. The Labute approximate surface area is 140 Å². The summed E-state index contributed by atoms with van der Waals surface area (Å²) in [5, 5.41) is 1.00. The van der Waals surface area contributed by atoms with Crippen LogP contribution in [0.2, 0.25) is 0 Å². The molecule has 0 saturated carbocycles. The van der Waals surface area contributed by atoms with Crippen LogP contribution >= 0.6 is 11.3 Å². The maximum absolute atomic E-state index is 12.1. The van der Waals surface area contributed by atoms with Gasteiger partial charge in [-0.15, -0.1) is 11.3 Å². The number of fused-ring (bicyclic) bond motifs is 1. The predicted octanol–water partition coefficient (Wildman–Crippen LogP) is 0.901. The molecule has 3 rings (SSSR count). The lowest BCUT2D eigenvalue weighted by Crippen LogP contribution is -3.14. The first kappa shape index (κ1) is 16.1. The molecule has 0 aromatic carbocycles. The zero-order valence-electron chi connectivity index (χ0n) is 13.9. The number of rotatable bonds is 4. The summed E-state index contributed by atoms with van der Waals surface area (Å²) in [6, 6.07) is 0. The average molecular weight is 335 g/mol. The van der Waals surface area contributed by atoms with Crippen molar-refractivity contribution in [3.63, 3.8) is 0 Å². The summed E-state index contributed by atoms with van der Waals surface area (Å²) in [7, 11) is 0. The van der Waals surface area contributed by atoms with E-state index in [9.17, 15) is 4.79 Å². The number of ether oxygens (including phenoxy) is 1. The largest absolute Gasteiger partial charge is 0.462 e. The molecule has 1 aliphatic heterocycles. The van der Waals surface area contributed by atoms with Crippen molar-refractivity contribution in [1.82, 2.24) is 9.97 Å². The van der Waals surface area contributed by atoms with Gasteiger partial charge in [0.05, 0.1) is 44.7 Å². The molecule has 7 heteroatoms. The summed E-state index contributed by atoms with van der Waals surface area (Å²) in [5.74, 6) is 0.689. The number of anilines is 1. The number of thiophene rings is 1. The van der Waals surface area contributed by atoms with Gasteiger partial charge in [0.1, 0.15) is 21.9 Å². The molecule has 2 aromatic rings. The van der Waals surface area contributed by atoms with E-state index < -0.39 is 0 Å². The van der Waals surface area contributed by atoms with E-state index in [2.05, 4.69) is 21.8 Å². The Morgan fingerprint density at radius 2 is 2.09 bits per heavy atom. The van der Waals surface area contributed by atoms with E-state index >= 15 is 0 Å². The number of nitrogens with one attached hydrogen (secondary N) is 1. The molecule has 0 bridgehead atoms. The van der Waals surface area contributed by atoms with Crippen molar-refractivity contribution in [3.8, 4) is 0 Å². The number of hydrogen-bond donors (Lipinski definition) is 1. The fourth-order valence-corrected chi connectivity index (χ4v) is 4.11. The number of aromatic nitrogens is 2. The second kappa shape index (κ2) is 6.80. The number of hydrogen-bond acceptors (Lipinski definition) is 6. The monoisotopic (exact) mass is 335 g/mol. The van der Waals surface area contributed by atoms with E-state index in [1.807, 2.05) is 13.8 Å². The first-order valence-corrected chi connectivity index (χ1v) is 8.97. The Balaban J connectivity index is 1.97. The van der Waals surface area contributed by atoms with Gasteiger partial charge in [0.15, 0.2) is 0 Å². The molecule has 3 heterocycles. The highest BCUT2D eigenvalue weighted by atomic mass is 32.1. The van der Waals surface area contributed by atoms with E-state index in [0.717, 1.165) is 54.3 Å². The highest BCUT2D eigenvalue weighted by Gasteiger charge is 2.25. The SMILES string of the molecule is CCOC(=O)c1sc2ncnc(N3CC[NH+](CC)CC3)c2c1C. The number of piperazine rings is 1. The molecule has 0 spiro atoms. The van der Waals surface area contributed by atoms with E-state index in [1.54, 1.807) is 11.2 Å². The quantitative estimate of drug-likeness (QED) is 0.842.